The number of hydrogen-bond acceptors (Lipinski definition) is 1. The van der Waals surface area contributed by atoms with E-state index in [9.17, 15) is 9.18 Å². The molecule has 0 aromatic heterocycles. The van der Waals surface area contributed by atoms with Gasteiger partial charge < -0.3 is 4.90 Å². The molecule has 17 heavy (non-hydrogen) atoms. The number of hydrogen-bond donors (Lipinski definition) is 0. The molecule has 1 aliphatic rings. The molecule has 1 aromatic rings. The first kappa shape index (κ1) is 12.1. The Morgan fingerprint density at radius 3 is 2.41 bits per heavy atom. The van der Waals surface area contributed by atoms with E-state index in [4.69, 9.17) is 0 Å². The summed E-state index contributed by atoms with van der Waals surface area (Å²) >= 11 is 0. The second kappa shape index (κ2) is 5.30. The van der Waals surface area contributed by atoms with Gasteiger partial charge in [0.15, 0.2) is 0 Å². The molecule has 2 rings (SSSR count). The number of nitrogens with zero attached hydrogens (tertiary/aromatic N) is 1. The summed E-state index contributed by atoms with van der Waals surface area (Å²) in [5.41, 5.74) is 0.583. The number of benzene rings is 1. The second-order valence-electron chi connectivity index (χ2n) is 4.54. The van der Waals surface area contributed by atoms with Crippen molar-refractivity contribution in [1.29, 1.82) is 0 Å². The summed E-state index contributed by atoms with van der Waals surface area (Å²) in [7, 11) is 0. The molecular weight excluding hydrogens is 217 g/mol. The van der Waals surface area contributed by atoms with Gasteiger partial charge in [-0.15, -0.1) is 0 Å². The second-order valence-corrected chi connectivity index (χ2v) is 4.54. The molecular formula is C14H18FNO. The molecule has 92 valence electrons. The van der Waals surface area contributed by atoms with Gasteiger partial charge in [0.05, 0.1) is 0 Å². The zero-order valence-corrected chi connectivity index (χ0v) is 10.2. The zero-order chi connectivity index (χ0) is 12.3. The smallest absolute Gasteiger partial charge is 0.254 e. The van der Waals surface area contributed by atoms with Crippen LogP contribution in [0.4, 0.5) is 4.39 Å². The van der Waals surface area contributed by atoms with Crippen molar-refractivity contribution in [2.24, 2.45) is 0 Å². The third-order valence-corrected chi connectivity index (χ3v) is 3.46. The lowest BCUT2D eigenvalue weighted by atomic mass is 10.1. The lowest BCUT2D eigenvalue weighted by molar-refractivity contribution is 0.0693. The molecule has 0 atom stereocenters. The van der Waals surface area contributed by atoms with E-state index < -0.39 is 0 Å². The standard InChI is InChI=1S/C14H18FNO/c1-2-16(13-5-3-4-6-13)14(17)11-7-9-12(15)10-8-11/h7-10,13H,2-6H2,1H3. The predicted molar refractivity (Wildman–Crippen MR) is 65.4 cm³/mol. The third kappa shape index (κ3) is 2.65. The summed E-state index contributed by atoms with van der Waals surface area (Å²) in [5, 5.41) is 0. The van der Waals surface area contributed by atoms with Gasteiger partial charge in [0.25, 0.3) is 5.91 Å². The minimum atomic E-state index is -0.300. The molecule has 0 bridgehead atoms. The van der Waals surface area contributed by atoms with E-state index in [1.54, 1.807) is 12.1 Å². The normalized spacial score (nSPS) is 16.1. The number of carbonyl (C=O) groups excluding carboxylic acids is 1. The van der Waals surface area contributed by atoms with Gasteiger partial charge in [0.1, 0.15) is 5.82 Å². The first-order valence-corrected chi connectivity index (χ1v) is 6.29. The van der Waals surface area contributed by atoms with E-state index in [0.717, 1.165) is 19.4 Å². The highest BCUT2D eigenvalue weighted by Crippen LogP contribution is 2.24. The number of amides is 1. The molecule has 1 aromatic carbocycles. The summed E-state index contributed by atoms with van der Waals surface area (Å²) in [6, 6.07) is 6.19. The molecule has 0 heterocycles. The van der Waals surface area contributed by atoms with E-state index in [1.807, 2.05) is 11.8 Å². The Bertz CT molecular complexity index is 382. The molecule has 1 saturated carbocycles. The molecule has 0 saturated heterocycles. The van der Waals surface area contributed by atoms with Gasteiger partial charge in [0.2, 0.25) is 0 Å². The molecule has 3 heteroatoms. The minimum absolute atomic E-state index is 0.0272. The van der Waals surface area contributed by atoms with Gasteiger partial charge in [-0.05, 0) is 44.0 Å². The molecule has 2 nitrogen and oxygen atoms in total. The number of rotatable bonds is 3. The first-order valence-electron chi connectivity index (χ1n) is 6.29. The van der Waals surface area contributed by atoms with Crippen LogP contribution in [0, 0.1) is 5.82 Å². The topological polar surface area (TPSA) is 20.3 Å². The number of halogens is 1. The highest BCUT2D eigenvalue weighted by Gasteiger charge is 2.25. The van der Waals surface area contributed by atoms with Crippen LogP contribution in [0.5, 0.6) is 0 Å². The van der Waals surface area contributed by atoms with Crippen LogP contribution in [0.2, 0.25) is 0 Å². The quantitative estimate of drug-likeness (QED) is 0.787. The van der Waals surface area contributed by atoms with Crippen LogP contribution < -0.4 is 0 Å². The van der Waals surface area contributed by atoms with Crippen molar-refractivity contribution in [1.82, 2.24) is 4.90 Å². The SMILES string of the molecule is CCN(C(=O)c1ccc(F)cc1)C1CCCC1. The van der Waals surface area contributed by atoms with Gasteiger partial charge >= 0.3 is 0 Å². The van der Waals surface area contributed by atoms with Crippen LogP contribution in [0.3, 0.4) is 0 Å². The molecule has 0 aliphatic heterocycles. The lowest BCUT2D eigenvalue weighted by Crippen LogP contribution is -2.38. The summed E-state index contributed by atoms with van der Waals surface area (Å²) in [4.78, 5) is 14.2. The fourth-order valence-electron chi connectivity index (χ4n) is 2.54. The average molecular weight is 235 g/mol. The summed E-state index contributed by atoms with van der Waals surface area (Å²) in [6.07, 6.45) is 4.61. The molecule has 1 fully saturated rings. The fraction of sp³-hybridized carbons (Fsp3) is 0.500. The van der Waals surface area contributed by atoms with Crippen LogP contribution in [-0.2, 0) is 0 Å². The third-order valence-electron chi connectivity index (χ3n) is 3.46. The summed E-state index contributed by atoms with van der Waals surface area (Å²) in [6.45, 7) is 2.72. The minimum Gasteiger partial charge on any atom is -0.336 e. The van der Waals surface area contributed by atoms with Crippen molar-refractivity contribution in [3.05, 3.63) is 35.6 Å². The Morgan fingerprint density at radius 1 is 1.29 bits per heavy atom. The van der Waals surface area contributed by atoms with Crippen molar-refractivity contribution in [2.45, 2.75) is 38.6 Å². The van der Waals surface area contributed by atoms with Gasteiger partial charge in [-0.25, -0.2) is 4.39 Å². The van der Waals surface area contributed by atoms with E-state index in [0.29, 0.717) is 11.6 Å². The molecule has 0 N–H and O–H groups in total. The van der Waals surface area contributed by atoms with Crippen LogP contribution >= 0.6 is 0 Å². The molecule has 1 aliphatic carbocycles. The highest BCUT2D eigenvalue weighted by molar-refractivity contribution is 5.94. The Labute approximate surface area is 101 Å². The van der Waals surface area contributed by atoms with E-state index in [2.05, 4.69) is 0 Å². The van der Waals surface area contributed by atoms with E-state index in [-0.39, 0.29) is 11.7 Å². The van der Waals surface area contributed by atoms with E-state index in [1.165, 1.54) is 25.0 Å². The maximum Gasteiger partial charge on any atom is 0.254 e. The number of carbonyl (C=O) groups is 1. The predicted octanol–water partition coefficient (Wildman–Crippen LogP) is 3.23. The van der Waals surface area contributed by atoms with Crippen LogP contribution in [-0.4, -0.2) is 23.4 Å². The van der Waals surface area contributed by atoms with Crippen molar-refractivity contribution < 1.29 is 9.18 Å². The zero-order valence-electron chi connectivity index (χ0n) is 10.2. The van der Waals surface area contributed by atoms with Crippen molar-refractivity contribution in [2.75, 3.05) is 6.54 Å². The van der Waals surface area contributed by atoms with Gasteiger partial charge in [0, 0.05) is 18.2 Å². The molecule has 0 unspecified atom stereocenters. The van der Waals surface area contributed by atoms with Crippen LogP contribution in [0.25, 0.3) is 0 Å². The molecule has 1 amide bonds. The Hall–Kier alpha value is -1.38. The van der Waals surface area contributed by atoms with Gasteiger partial charge in [-0.2, -0.15) is 0 Å². The van der Waals surface area contributed by atoms with Gasteiger partial charge in [-0.3, -0.25) is 4.79 Å². The van der Waals surface area contributed by atoms with Crippen LogP contribution in [0.1, 0.15) is 43.0 Å². The molecule has 0 radical (unpaired) electrons. The van der Waals surface area contributed by atoms with Crippen molar-refractivity contribution in [3.63, 3.8) is 0 Å². The monoisotopic (exact) mass is 235 g/mol. The Balaban J connectivity index is 2.13. The Kier molecular flexibility index (Phi) is 3.77. The van der Waals surface area contributed by atoms with Crippen LogP contribution in [0.15, 0.2) is 24.3 Å². The Morgan fingerprint density at radius 2 is 1.88 bits per heavy atom. The lowest BCUT2D eigenvalue weighted by Gasteiger charge is -2.27. The van der Waals surface area contributed by atoms with E-state index >= 15 is 0 Å². The molecule has 0 spiro atoms. The summed E-state index contributed by atoms with van der Waals surface area (Å²) in [5.74, 6) is -0.273. The average Bonchev–Trinajstić information content (AvgIpc) is 2.84. The summed E-state index contributed by atoms with van der Waals surface area (Å²) < 4.78 is 12.8. The van der Waals surface area contributed by atoms with Crippen molar-refractivity contribution in [3.8, 4) is 0 Å². The van der Waals surface area contributed by atoms with Gasteiger partial charge in [-0.1, -0.05) is 12.8 Å². The maximum absolute atomic E-state index is 12.8. The highest BCUT2D eigenvalue weighted by atomic mass is 19.1. The van der Waals surface area contributed by atoms with Crippen molar-refractivity contribution >= 4 is 5.91 Å². The largest absolute Gasteiger partial charge is 0.336 e. The first-order chi connectivity index (χ1) is 8.22. The maximum atomic E-state index is 12.8. The fourth-order valence-corrected chi connectivity index (χ4v) is 2.54.